The summed E-state index contributed by atoms with van der Waals surface area (Å²) in [6.45, 7) is 16.7. The van der Waals surface area contributed by atoms with Crippen molar-refractivity contribution in [3.05, 3.63) is 96.0 Å². The maximum atomic E-state index is 12.1. The number of rotatable bonds is 9. The van der Waals surface area contributed by atoms with Crippen molar-refractivity contribution in [2.75, 3.05) is 0 Å². The smallest absolute Gasteiger partial charge is 0.164 e. The van der Waals surface area contributed by atoms with Gasteiger partial charge in [0.05, 0.1) is 0 Å². The number of aryl methyl sites for hydroxylation is 1. The molecule has 6 aromatic rings. The molecule has 0 amide bonds. The molecule has 0 saturated carbocycles. The maximum Gasteiger partial charge on any atom is 0.164 e. The number of ketones is 1. The molecule has 0 unspecified atom stereocenters. The summed E-state index contributed by atoms with van der Waals surface area (Å²) in [5, 5.41) is 17.2. The van der Waals surface area contributed by atoms with Crippen LogP contribution in [0.4, 0.5) is 0 Å². The van der Waals surface area contributed by atoms with Crippen molar-refractivity contribution in [3.8, 4) is 11.3 Å². The van der Waals surface area contributed by atoms with E-state index < -0.39 is 0 Å². The average Bonchev–Trinajstić information content (AvgIpc) is 3.38. The molecule has 4 aromatic carbocycles. The Morgan fingerprint density at radius 3 is 2.10 bits per heavy atom. The van der Waals surface area contributed by atoms with Crippen LogP contribution in [0.2, 0.25) is 0 Å². The molecule has 265 valence electrons. The van der Waals surface area contributed by atoms with Gasteiger partial charge >= 0.3 is 0 Å². The monoisotopic (exact) mass is 847 g/mol. The predicted molar refractivity (Wildman–Crippen MR) is 207 cm³/mol. The first-order valence-electron chi connectivity index (χ1n) is 17.9. The molecule has 0 aliphatic heterocycles. The number of aromatic nitrogens is 3. The Hall–Kier alpha value is -3.86. The van der Waals surface area contributed by atoms with Gasteiger partial charge in [0.1, 0.15) is 17.7 Å². The van der Waals surface area contributed by atoms with Crippen molar-refractivity contribution < 1.29 is 30.0 Å². The molecular formula is C44H52IrN3O2-. The van der Waals surface area contributed by atoms with Gasteiger partial charge in [0, 0.05) is 66.5 Å². The summed E-state index contributed by atoms with van der Waals surface area (Å²) in [6, 6.07) is 27.4. The summed E-state index contributed by atoms with van der Waals surface area (Å²) in [4.78, 5) is 21.6. The zero-order chi connectivity index (χ0) is 35.5. The van der Waals surface area contributed by atoms with Crippen LogP contribution in [-0.2, 0) is 38.4 Å². The SMILES string of the molecule is CCC(CC)C(=O)/C(C)=C(\O)C(CC)CC.Cn1c2cc3ccccc3cc2c2c(-c3[c-]ccc4c(CC(C)(C)C)cccc34)ncnc21.[Ir]. The standard InChI is InChI=1S/C30H26N3.C14H26O2.Ir/c1-30(2,3)17-21-11-7-13-23-22(21)12-8-14-24(23)28-27-25-15-19-9-5-6-10-20(19)16-26(25)33(4)29(27)32-18-31-28;1-6-11(7-2)13(15)10(5)14(16)12(8-3)9-4;/h5-13,15-16,18H,17H2,1-4H3;11-12,15H,6-9H2,1-5H3;/q-1;;/b;13-10-;. The number of fused-ring (bicyclic) bond motifs is 5. The number of carbonyl (C=O) groups excluding carboxylic acids is 1. The fourth-order valence-corrected chi connectivity index (χ4v) is 7.20. The van der Waals surface area contributed by atoms with Crippen LogP contribution in [0, 0.1) is 23.3 Å². The third kappa shape index (κ3) is 7.87. The zero-order valence-corrected chi connectivity index (χ0v) is 33.5. The van der Waals surface area contributed by atoms with Gasteiger partial charge in [-0.3, -0.25) is 9.78 Å². The van der Waals surface area contributed by atoms with Crippen LogP contribution < -0.4 is 0 Å². The molecule has 6 rings (SSSR count). The first-order chi connectivity index (χ1) is 23.4. The second-order valence-electron chi connectivity index (χ2n) is 14.6. The Bertz CT molecular complexity index is 2150. The van der Waals surface area contributed by atoms with E-state index in [1.165, 1.54) is 38.0 Å². The number of carbonyl (C=O) groups is 1. The first kappa shape index (κ1) is 38.9. The Kier molecular flexibility index (Phi) is 12.8. The van der Waals surface area contributed by atoms with Crippen LogP contribution in [0.5, 0.6) is 0 Å². The van der Waals surface area contributed by atoms with Gasteiger partial charge in [-0.2, -0.15) is 0 Å². The quantitative estimate of drug-likeness (QED) is 0.0894. The van der Waals surface area contributed by atoms with Gasteiger partial charge in [-0.05, 0) is 67.3 Å². The van der Waals surface area contributed by atoms with Crippen molar-refractivity contribution in [3.63, 3.8) is 0 Å². The van der Waals surface area contributed by atoms with E-state index in [-0.39, 0.29) is 43.1 Å². The number of Topliss-reactive ketones (excluding diaryl/α,β-unsaturated/α-hetero) is 1. The summed E-state index contributed by atoms with van der Waals surface area (Å²) in [6.07, 6.45) is 6.17. The number of hydrogen-bond donors (Lipinski definition) is 1. The molecule has 2 aromatic heterocycles. The molecule has 0 spiro atoms. The van der Waals surface area contributed by atoms with Gasteiger partial charge in [0.2, 0.25) is 0 Å². The predicted octanol–water partition coefficient (Wildman–Crippen LogP) is 11.7. The van der Waals surface area contributed by atoms with E-state index in [4.69, 9.17) is 4.98 Å². The van der Waals surface area contributed by atoms with Gasteiger partial charge in [-0.25, -0.2) is 4.98 Å². The van der Waals surface area contributed by atoms with Gasteiger partial charge in [0.25, 0.3) is 0 Å². The summed E-state index contributed by atoms with van der Waals surface area (Å²) >= 11 is 0. The number of nitrogens with zero attached hydrogens (tertiary/aromatic N) is 3. The third-order valence-electron chi connectivity index (χ3n) is 10.0. The number of allylic oxidation sites excluding steroid dienone is 2. The van der Waals surface area contributed by atoms with Crippen molar-refractivity contribution in [1.29, 1.82) is 0 Å². The molecule has 0 bridgehead atoms. The molecule has 0 aliphatic rings. The molecule has 0 fully saturated rings. The van der Waals surface area contributed by atoms with Crippen LogP contribution in [0.1, 0.15) is 86.6 Å². The van der Waals surface area contributed by atoms with Crippen molar-refractivity contribution in [2.24, 2.45) is 24.3 Å². The summed E-state index contributed by atoms with van der Waals surface area (Å²) in [7, 11) is 2.09. The number of benzene rings is 4. The Labute approximate surface area is 311 Å². The van der Waals surface area contributed by atoms with Gasteiger partial charge in [0.15, 0.2) is 5.78 Å². The van der Waals surface area contributed by atoms with Crippen LogP contribution >= 0.6 is 0 Å². The van der Waals surface area contributed by atoms with Crippen molar-refractivity contribution >= 4 is 49.3 Å². The van der Waals surface area contributed by atoms with E-state index in [1.807, 2.05) is 33.8 Å². The maximum absolute atomic E-state index is 12.1. The summed E-state index contributed by atoms with van der Waals surface area (Å²) in [5.74, 6) is 0.631. The van der Waals surface area contributed by atoms with Crippen LogP contribution in [-0.4, -0.2) is 25.4 Å². The Morgan fingerprint density at radius 1 is 0.840 bits per heavy atom. The second kappa shape index (κ2) is 16.4. The zero-order valence-electron chi connectivity index (χ0n) is 31.1. The molecule has 2 heterocycles. The normalized spacial score (nSPS) is 12.4. The minimum absolute atomic E-state index is 0. The molecule has 50 heavy (non-hydrogen) atoms. The van der Waals surface area contributed by atoms with Crippen LogP contribution in [0.25, 0.3) is 54.7 Å². The molecule has 1 N–H and O–H groups in total. The number of hydrogen-bond acceptors (Lipinski definition) is 4. The summed E-state index contributed by atoms with van der Waals surface area (Å²) in [5.41, 5.74) is 6.25. The molecule has 0 atom stereocenters. The van der Waals surface area contributed by atoms with E-state index in [1.54, 1.807) is 13.3 Å². The fourth-order valence-electron chi connectivity index (χ4n) is 7.20. The van der Waals surface area contributed by atoms with E-state index in [0.717, 1.165) is 54.4 Å². The van der Waals surface area contributed by atoms with E-state index in [0.29, 0.717) is 11.3 Å². The van der Waals surface area contributed by atoms with E-state index in [9.17, 15) is 9.90 Å². The molecule has 1 radical (unpaired) electrons. The Balaban J connectivity index is 0.000000284. The molecule has 6 heteroatoms. The molecule has 5 nitrogen and oxygen atoms in total. The first-order valence-corrected chi connectivity index (χ1v) is 17.9. The van der Waals surface area contributed by atoms with Crippen LogP contribution in [0.15, 0.2) is 84.4 Å². The minimum Gasteiger partial charge on any atom is -0.512 e. The van der Waals surface area contributed by atoms with Crippen LogP contribution in [0.3, 0.4) is 0 Å². The molecule has 0 saturated heterocycles. The van der Waals surface area contributed by atoms with Crippen molar-refractivity contribution in [1.82, 2.24) is 14.5 Å². The topological polar surface area (TPSA) is 68.0 Å². The largest absolute Gasteiger partial charge is 0.512 e. The fraction of sp³-hybridized carbons (Fsp3) is 0.386. The van der Waals surface area contributed by atoms with Gasteiger partial charge < -0.3 is 9.67 Å². The van der Waals surface area contributed by atoms with E-state index in [2.05, 4.69) is 104 Å². The van der Waals surface area contributed by atoms with Crippen molar-refractivity contribution in [2.45, 2.75) is 87.5 Å². The van der Waals surface area contributed by atoms with Gasteiger partial charge in [-0.1, -0.05) is 107 Å². The Morgan fingerprint density at radius 2 is 1.48 bits per heavy atom. The summed E-state index contributed by atoms with van der Waals surface area (Å²) < 4.78 is 2.18. The third-order valence-corrected chi connectivity index (χ3v) is 10.0. The molecule has 0 aliphatic carbocycles. The average molecular weight is 847 g/mol. The molecular weight excluding hydrogens is 795 g/mol. The second-order valence-corrected chi connectivity index (χ2v) is 14.6. The van der Waals surface area contributed by atoms with E-state index >= 15 is 0 Å². The minimum atomic E-state index is 0. The number of aliphatic hydroxyl groups excluding tert-OH is 1. The van der Waals surface area contributed by atoms with Gasteiger partial charge in [-0.15, -0.1) is 23.8 Å². The number of aliphatic hydroxyl groups is 1.